The van der Waals surface area contributed by atoms with Gasteiger partial charge >= 0.3 is 0 Å². The van der Waals surface area contributed by atoms with E-state index in [1.165, 1.54) is 0 Å². The summed E-state index contributed by atoms with van der Waals surface area (Å²) in [6, 6.07) is 0. The molecule has 0 bridgehead atoms. The standard InChI is InChI=1S/C5H7O2/c1-2-3-4-7-5-6/h2-3,5H,1,4H2. The minimum atomic E-state index is 0.326. The summed E-state index contributed by atoms with van der Waals surface area (Å²) in [5.74, 6) is 0. The summed E-state index contributed by atoms with van der Waals surface area (Å²) < 4.78 is 4.27. The smallest absolute Gasteiger partial charge is 0.293 e. The molecular weight excluding hydrogens is 92.1 g/mol. The maximum Gasteiger partial charge on any atom is 0.293 e. The highest BCUT2D eigenvalue weighted by Gasteiger charge is 1.75. The highest BCUT2D eigenvalue weighted by molar-refractivity contribution is 5.37. The molecule has 2 heteroatoms. The van der Waals surface area contributed by atoms with E-state index in [-0.39, 0.29) is 0 Å². The van der Waals surface area contributed by atoms with Crippen molar-refractivity contribution in [3.63, 3.8) is 0 Å². The van der Waals surface area contributed by atoms with E-state index in [2.05, 4.69) is 11.3 Å². The van der Waals surface area contributed by atoms with E-state index in [1.54, 1.807) is 12.5 Å². The van der Waals surface area contributed by atoms with Crippen LogP contribution in [0.4, 0.5) is 0 Å². The first-order valence-electron chi connectivity index (χ1n) is 1.91. The normalized spacial score (nSPS) is 7.43. The van der Waals surface area contributed by atoms with Crippen molar-refractivity contribution >= 4 is 6.47 Å². The maximum atomic E-state index is 9.40. The summed E-state index contributed by atoms with van der Waals surface area (Å²) in [5, 5.41) is 0. The molecular formula is C5H7O2. The Labute approximate surface area is 42.8 Å². The van der Waals surface area contributed by atoms with Crippen molar-refractivity contribution in [3.8, 4) is 0 Å². The van der Waals surface area contributed by atoms with Crippen LogP contribution in [-0.4, -0.2) is 13.1 Å². The lowest BCUT2D eigenvalue weighted by Crippen LogP contribution is -1.88. The van der Waals surface area contributed by atoms with Crippen molar-refractivity contribution in [2.75, 3.05) is 6.61 Å². The van der Waals surface area contributed by atoms with Crippen LogP contribution < -0.4 is 0 Å². The van der Waals surface area contributed by atoms with Gasteiger partial charge in [0.15, 0.2) is 0 Å². The lowest BCUT2D eigenvalue weighted by atomic mass is 10.5. The number of rotatable bonds is 4. The Bertz CT molecular complexity index is 51.1. The molecule has 0 saturated carbocycles. The highest BCUT2D eigenvalue weighted by atomic mass is 16.5. The number of carbonyl (C=O) groups is 1. The Kier molecular flexibility index (Phi) is 4.62. The van der Waals surface area contributed by atoms with Crippen LogP contribution in [0.1, 0.15) is 0 Å². The third kappa shape index (κ3) is 5.21. The van der Waals surface area contributed by atoms with Gasteiger partial charge in [-0.1, -0.05) is 6.08 Å². The molecule has 0 atom stereocenters. The molecule has 0 aromatic heterocycles. The molecule has 2 nitrogen and oxygen atoms in total. The average Bonchev–Trinajstić information content (AvgIpc) is 1.69. The first-order valence-corrected chi connectivity index (χ1v) is 1.91. The predicted octanol–water partition coefficient (Wildman–Crippen LogP) is 0.550. The molecule has 0 unspecified atom stereocenters. The topological polar surface area (TPSA) is 26.3 Å². The van der Waals surface area contributed by atoms with Crippen LogP contribution in [0.2, 0.25) is 0 Å². The lowest BCUT2D eigenvalue weighted by molar-refractivity contribution is -0.127. The Balaban J connectivity index is 2.68. The zero-order valence-electron chi connectivity index (χ0n) is 3.96. The second kappa shape index (κ2) is 5.21. The minimum Gasteiger partial charge on any atom is -0.467 e. The van der Waals surface area contributed by atoms with Crippen molar-refractivity contribution in [2.24, 2.45) is 0 Å². The first kappa shape index (κ1) is 6.21. The second-order valence-corrected chi connectivity index (χ2v) is 0.901. The maximum absolute atomic E-state index is 9.40. The van der Waals surface area contributed by atoms with Crippen LogP contribution in [0.5, 0.6) is 0 Å². The van der Waals surface area contributed by atoms with E-state index in [9.17, 15) is 4.79 Å². The fourth-order valence-corrected chi connectivity index (χ4v) is 0.163. The van der Waals surface area contributed by atoms with Gasteiger partial charge in [0, 0.05) is 6.42 Å². The fourth-order valence-electron chi connectivity index (χ4n) is 0.163. The van der Waals surface area contributed by atoms with E-state index >= 15 is 0 Å². The molecule has 0 aliphatic rings. The average molecular weight is 99.1 g/mol. The summed E-state index contributed by atoms with van der Waals surface area (Å²) in [6.07, 6.45) is 3.22. The number of hydrogen-bond acceptors (Lipinski definition) is 2. The van der Waals surface area contributed by atoms with Crippen LogP contribution in [0.25, 0.3) is 0 Å². The molecule has 0 aliphatic heterocycles. The minimum absolute atomic E-state index is 0.326. The molecule has 0 aromatic carbocycles. The molecule has 7 heavy (non-hydrogen) atoms. The molecule has 0 spiro atoms. The predicted molar refractivity (Wildman–Crippen MR) is 26.5 cm³/mol. The van der Waals surface area contributed by atoms with E-state index in [4.69, 9.17) is 0 Å². The SMILES string of the molecule is C=C[CH]COC=O. The number of ether oxygens (including phenoxy) is 1. The zero-order valence-corrected chi connectivity index (χ0v) is 3.96. The molecule has 0 fully saturated rings. The van der Waals surface area contributed by atoms with Crippen LogP contribution in [0.15, 0.2) is 12.7 Å². The van der Waals surface area contributed by atoms with Gasteiger partial charge in [-0.15, -0.1) is 6.58 Å². The summed E-state index contributed by atoms with van der Waals surface area (Å²) in [4.78, 5) is 9.40. The molecule has 0 heterocycles. The van der Waals surface area contributed by atoms with Crippen molar-refractivity contribution in [3.05, 3.63) is 19.1 Å². The Morgan fingerprint density at radius 3 is 2.86 bits per heavy atom. The summed E-state index contributed by atoms with van der Waals surface area (Å²) >= 11 is 0. The lowest BCUT2D eigenvalue weighted by Gasteiger charge is -1.87. The van der Waals surface area contributed by atoms with Crippen molar-refractivity contribution in [1.29, 1.82) is 0 Å². The largest absolute Gasteiger partial charge is 0.467 e. The summed E-state index contributed by atoms with van der Waals surface area (Å²) in [5.41, 5.74) is 0. The molecule has 0 rings (SSSR count). The van der Waals surface area contributed by atoms with Gasteiger partial charge in [0.2, 0.25) is 0 Å². The van der Waals surface area contributed by atoms with Gasteiger partial charge in [-0.3, -0.25) is 4.79 Å². The molecule has 0 N–H and O–H groups in total. The van der Waals surface area contributed by atoms with Crippen LogP contribution in [0, 0.1) is 6.42 Å². The van der Waals surface area contributed by atoms with Crippen LogP contribution in [-0.2, 0) is 9.53 Å². The molecule has 39 valence electrons. The molecule has 0 aliphatic carbocycles. The van der Waals surface area contributed by atoms with Gasteiger partial charge in [-0.25, -0.2) is 0 Å². The van der Waals surface area contributed by atoms with Gasteiger partial charge in [-0.2, -0.15) is 0 Å². The highest BCUT2D eigenvalue weighted by Crippen LogP contribution is 1.75. The Morgan fingerprint density at radius 2 is 2.43 bits per heavy atom. The molecule has 0 aromatic rings. The Hall–Kier alpha value is -0.790. The first-order chi connectivity index (χ1) is 3.41. The third-order valence-electron chi connectivity index (χ3n) is 0.427. The Morgan fingerprint density at radius 1 is 1.71 bits per heavy atom. The third-order valence-corrected chi connectivity index (χ3v) is 0.427. The molecule has 0 amide bonds. The van der Waals surface area contributed by atoms with Gasteiger partial charge in [0.1, 0.15) is 0 Å². The zero-order chi connectivity index (χ0) is 5.54. The van der Waals surface area contributed by atoms with Gasteiger partial charge in [-0.05, 0) is 0 Å². The van der Waals surface area contributed by atoms with Crippen molar-refractivity contribution in [1.82, 2.24) is 0 Å². The van der Waals surface area contributed by atoms with Gasteiger partial charge < -0.3 is 4.74 Å². The van der Waals surface area contributed by atoms with E-state index in [0.29, 0.717) is 13.1 Å². The number of carbonyl (C=O) groups excluding carboxylic acids is 1. The van der Waals surface area contributed by atoms with Crippen LogP contribution in [0.3, 0.4) is 0 Å². The summed E-state index contributed by atoms with van der Waals surface area (Å²) in [6.45, 7) is 4.11. The quantitative estimate of drug-likeness (QED) is 0.380. The van der Waals surface area contributed by atoms with E-state index in [1.807, 2.05) is 0 Å². The van der Waals surface area contributed by atoms with E-state index < -0.39 is 0 Å². The van der Waals surface area contributed by atoms with Gasteiger partial charge in [0.25, 0.3) is 6.47 Å². The number of hydrogen-bond donors (Lipinski definition) is 0. The molecule has 1 radical (unpaired) electrons. The van der Waals surface area contributed by atoms with Crippen molar-refractivity contribution < 1.29 is 9.53 Å². The summed E-state index contributed by atoms with van der Waals surface area (Å²) in [7, 11) is 0. The molecule has 0 saturated heterocycles. The monoisotopic (exact) mass is 99.0 g/mol. The van der Waals surface area contributed by atoms with Crippen molar-refractivity contribution in [2.45, 2.75) is 0 Å². The fraction of sp³-hybridized carbons (Fsp3) is 0.200. The van der Waals surface area contributed by atoms with Crippen LogP contribution >= 0.6 is 0 Å². The van der Waals surface area contributed by atoms with E-state index in [0.717, 1.165) is 0 Å². The second-order valence-electron chi connectivity index (χ2n) is 0.901. The van der Waals surface area contributed by atoms with Gasteiger partial charge in [0.05, 0.1) is 6.61 Å².